The summed E-state index contributed by atoms with van der Waals surface area (Å²) < 4.78 is 0. The Kier molecular flexibility index (Phi) is 2.68. The van der Waals surface area contributed by atoms with Gasteiger partial charge in [-0.25, -0.2) is 0 Å². The number of hydrogen-bond donors (Lipinski definition) is 1. The van der Waals surface area contributed by atoms with E-state index < -0.39 is 5.54 Å². The quantitative estimate of drug-likeness (QED) is 0.758. The molecule has 2 rings (SSSR count). The van der Waals surface area contributed by atoms with E-state index in [0.717, 1.165) is 6.42 Å². The number of nitrogens with one attached hydrogen (secondary N) is 1. The Bertz CT molecular complexity index is 329. The standard InChI is InChI=1S/C12H20N2O2/c1-4-12(3)11(16)14(9-7-8(9)2)6-5-10(15)13-12/h8-9H,4-7H2,1-3H3,(H,13,15). The molecule has 1 saturated carbocycles. The van der Waals surface area contributed by atoms with Crippen molar-refractivity contribution in [3.63, 3.8) is 0 Å². The molecule has 1 aliphatic heterocycles. The van der Waals surface area contributed by atoms with Crippen LogP contribution in [0.1, 0.15) is 40.0 Å². The molecular weight excluding hydrogens is 204 g/mol. The maximum atomic E-state index is 12.4. The summed E-state index contributed by atoms with van der Waals surface area (Å²) in [6.07, 6.45) is 2.17. The van der Waals surface area contributed by atoms with Crippen LogP contribution in [0.25, 0.3) is 0 Å². The lowest BCUT2D eigenvalue weighted by atomic mass is 9.97. The van der Waals surface area contributed by atoms with E-state index in [1.165, 1.54) is 0 Å². The van der Waals surface area contributed by atoms with Crippen molar-refractivity contribution in [2.45, 2.75) is 51.6 Å². The van der Waals surface area contributed by atoms with E-state index in [9.17, 15) is 9.59 Å². The SMILES string of the molecule is CCC1(C)NC(=O)CCN(C2CC2C)C1=O. The minimum atomic E-state index is -0.699. The van der Waals surface area contributed by atoms with E-state index in [1.54, 1.807) is 0 Å². The monoisotopic (exact) mass is 224 g/mol. The zero-order chi connectivity index (χ0) is 11.9. The molecule has 3 unspecified atom stereocenters. The van der Waals surface area contributed by atoms with E-state index in [0.29, 0.717) is 31.3 Å². The van der Waals surface area contributed by atoms with Crippen LogP contribution < -0.4 is 5.32 Å². The lowest BCUT2D eigenvalue weighted by Crippen LogP contribution is -2.55. The predicted molar refractivity (Wildman–Crippen MR) is 60.7 cm³/mol. The van der Waals surface area contributed by atoms with E-state index in [-0.39, 0.29) is 11.8 Å². The third-order valence-corrected chi connectivity index (χ3v) is 3.90. The number of rotatable bonds is 2. The number of carbonyl (C=O) groups is 2. The molecule has 1 heterocycles. The highest BCUT2D eigenvalue weighted by Crippen LogP contribution is 2.37. The van der Waals surface area contributed by atoms with Crippen molar-refractivity contribution in [3.8, 4) is 0 Å². The number of carbonyl (C=O) groups excluding carboxylic acids is 2. The van der Waals surface area contributed by atoms with Gasteiger partial charge in [-0.1, -0.05) is 13.8 Å². The Labute approximate surface area is 96.4 Å². The first kappa shape index (κ1) is 11.4. The summed E-state index contributed by atoms with van der Waals surface area (Å²) in [5.74, 6) is 0.682. The van der Waals surface area contributed by atoms with Gasteiger partial charge in [0, 0.05) is 19.0 Å². The Balaban J connectivity index is 2.21. The molecule has 0 spiro atoms. The molecule has 3 atom stereocenters. The van der Waals surface area contributed by atoms with Gasteiger partial charge in [0.25, 0.3) is 0 Å². The van der Waals surface area contributed by atoms with Crippen LogP contribution in [0.5, 0.6) is 0 Å². The Morgan fingerprint density at radius 1 is 1.50 bits per heavy atom. The van der Waals surface area contributed by atoms with E-state index >= 15 is 0 Å². The fourth-order valence-corrected chi connectivity index (χ4v) is 2.36. The third-order valence-electron chi connectivity index (χ3n) is 3.90. The van der Waals surface area contributed by atoms with Crippen molar-refractivity contribution in [2.24, 2.45) is 5.92 Å². The van der Waals surface area contributed by atoms with Gasteiger partial charge in [0.1, 0.15) is 5.54 Å². The number of amides is 2. The smallest absolute Gasteiger partial charge is 0.248 e. The van der Waals surface area contributed by atoms with Gasteiger partial charge in [0.15, 0.2) is 0 Å². The molecule has 0 aromatic carbocycles. The van der Waals surface area contributed by atoms with Crippen LogP contribution in [0.15, 0.2) is 0 Å². The lowest BCUT2D eigenvalue weighted by Gasteiger charge is -2.31. The van der Waals surface area contributed by atoms with Gasteiger partial charge in [0.2, 0.25) is 11.8 Å². The third kappa shape index (κ3) is 1.81. The fraction of sp³-hybridized carbons (Fsp3) is 0.833. The zero-order valence-electron chi connectivity index (χ0n) is 10.2. The van der Waals surface area contributed by atoms with Crippen LogP contribution >= 0.6 is 0 Å². The molecular formula is C12H20N2O2. The molecule has 2 fully saturated rings. The second-order valence-corrected chi connectivity index (χ2v) is 5.26. The van der Waals surface area contributed by atoms with Gasteiger partial charge in [0.05, 0.1) is 0 Å². The average Bonchev–Trinajstić information content (AvgIpc) is 2.95. The molecule has 1 aliphatic carbocycles. The van der Waals surface area contributed by atoms with Gasteiger partial charge < -0.3 is 10.2 Å². The summed E-state index contributed by atoms with van der Waals surface area (Å²) >= 11 is 0. The molecule has 0 bridgehead atoms. The van der Waals surface area contributed by atoms with E-state index in [2.05, 4.69) is 12.2 Å². The van der Waals surface area contributed by atoms with Crippen molar-refractivity contribution < 1.29 is 9.59 Å². The van der Waals surface area contributed by atoms with Crippen molar-refractivity contribution in [3.05, 3.63) is 0 Å². The van der Waals surface area contributed by atoms with Gasteiger partial charge in [-0.15, -0.1) is 0 Å². The van der Waals surface area contributed by atoms with Crippen LogP contribution in [0, 0.1) is 5.92 Å². The van der Waals surface area contributed by atoms with Crippen LogP contribution in [-0.4, -0.2) is 34.8 Å². The first-order chi connectivity index (χ1) is 7.48. The lowest BCUT2D eigenvalue weighted by molar-refractivity contribution is -0.138. The summed E-state index contributed by atoms with van der Waals surface area (Å²) in [6.45, 7) is 6.51. The molecule has 0 aromatic rings. The predicted octanol–water partition coefficient (Wildman–Crippen LogP) is 0.912. The highest BCUT2D eigenvalue weighted by Gasteiger charge is 2.47. The maximum absolute atomic E-state index is 12.4. The molecule has 1 saturated heterocycles. The molecule has 4 heteroatoms. The van der Waals surface area contributed by atoms with Crippen molar-refractivity contribution in [1.82, 2.24) is 10.2 Å². The second-order valence-electron chi connectivity index (χ2n) is 5.26. The molecule has 0 radical (unpaired) electrons. The molecule has 2 aliphatic rings. The van der Waals surface area contributed by atoms with Gasteiger partial charge in [-0.05, 0) is 25.7 Å². The van der Waals surface area contributed by atoms with Crippen LogP contribution in [0.2, 0.25) is 0 Å². The number of nitrogens with zero attached hydrogens (tertiary/aromatic N) is 1. The summed E-state index contributed by atoms with van der Waals surface area (Å²) in [6, 6.07) is 0.367. The Morgan fingerprint density at radius 3 is 2.62 bits per heavy atom. The Hall–Kier alpha value is -1.06. The molecule has 2 amide bonds. The first-order valence-corrected chi connectivity index (χ1v) is 6.10. The molecule has 16 heavy (non-hydrogen) atoms. The summed E-state index contributed by atoms with van der Waals surface area (Å²) in [5.41, 5.74) is -0.699. The normalized spacial score (nSPS) is 39.3. The minimum Gasteiger partial charge on any atom is -0.342 e. The average molecular weight is 224 g/mol. The minimum absolute atomic E-state index is 0.00602. The molecule has 0 aromatic heterocycles. The number of hydrogen-bond acceptors (Lipinski definition) is 2. The second kappa shape index (κ2) is 3.75. The van der Waals surface area contributed by atoms with Crippen molar-refractivity contribution in [2.75, 3.05) is 6.54 Å². The first-order valence-electron chi connectivity index (χ1n) is 6.10. The highest BCUT2D eigenvalue weighted by molar-refractivity contribution is 5.93. The zero-order valence-corrected chi connectivity index (χ0v) is 10.2. The Morgan fingerprint density at radius 2 is 2.12 bits per heavy atom. The van der Waals surface area contributed by atoms with Gasteiger partial charge in [-0.3, -0.25) is 9.59 Å². The maximum Gasteiger partial charge on any atom is 0.248 e. The summed E-state index contributed by atoms with van der Waals surface area (Å²) in [7, 11) is 0. The van der Waals surface area contributed by atoms with E-state index in [1.807, 2.05) is 18.7 Å². The van der Waals surface area contributed by atoms with Gasteiger partial charge >= 0.3 is 0 Å². The summed E-state index contributed by atoms with van der Waals surface area (Å²) in [4.78, 5) is 25.9. The summed E-state index contributed by atoms with van der Waals surface area (Å²) in [5, 5.41) is 2.85. The van der Waals surface area contributed by atoms with E-state index in [4.69, 9.17) is 0 Å². The topological polar surface area (TPSA) is 49.4 Å². The molecule has 4 nitrogen and oxygen atoms in total. The van der Waals surface area contributed by atoms with Crippen LogP contribution in [0.3, 0.4) is 0 Å². The fourth-order valence-electron chi connectivity index (χ4n) is 2.36. The highest BCUT2D eigenvalue weighted by atomic mass is 16.2. The van der Waals surface area contributed by atoms with Gasteiger partial charge in [-0.2, -0.15) is 0 Å². The van der Waals surface area contributed by atoms with Crippen LogP contribution in [-0.2, 0) is 9.59 Å². The van der Waals surface area contributed by atoms with Crippen LogP contribution in [0.4, 0.5) is 0 Å². The molecule has 1 N–H and O–H groups in total. The van der Waals surface area contributed by atoms with Crippen molar-refractivity contribution in [1.29, 1.82) is 0 Å². The largest absolute Gasteiger partial charge is 0.342 e. The molecule has 90 valence electrons. The van der Waals surface area contributed by atoms with Crippen molar-refractivity contribution >= 4 is 11.8 Å².